The molecule has 0 radical (unpaired) electrons. The minimum Gasteiger partial charge on any atom is -0.494 e. The van der Waals surface area contributed by atoms with E-state index in [1.54, 1.807) is 48.5 Å². The average Bonchev–Trinajstić information content (AvgIpc) is 2.68. The monoisotopic (exact) mass is 397 g/mol. The second-order valence-corrected chi connectivity index (χ2v) is 6.90. The van der Waals surface area contributed by atoms with Gasteiger partial charge in [0.05, 0.1) is 6.61 Å². The van der Waals surface area contributed by atoms with E-state index in [0.717, 1.165) is 5.75 Å². The van der Waals surface area contributed by atoms with Crippen molar-refractivity contribution in [3.63, 3.8) is 0 Å². The molecular weight excluding hydrogens is 370 g/mol. The first-order valence-electron chi connectivity index (χ1n) is 9.52. The summed E-state index contributed by atoms with van der Waals surface area (Å²) in [5.41, 5.74) is 1.66. The number of nitrogens with one attached hydrogen (secondary N) is 3. The molecule has 0 aliphatic heterocycles. The lowest BCUT2D eigenvalue weighted by molar-refractivity contribution is -0.126. The molecule has 0 fully saturated rings. The highest BCUT2D eigenvalue weighted by atomic mass is 16.5. The SMILES string of the molecule is CCOc1ccc(NC(=O)c2ccc(NC(=O)C(NC(C)=O)C(C)C)cc2)cc1. The molecule has 0 aromatic heterocycles. The Bertz CT molecular complexity index is 845. The Kier molecular flexibility index (Phi) is 7.77. The summed E-state index contributed by atoms with van der Waals surface area (Å²) in [7, 11) is 0. The molecule has 1 unspecified atom stereocenters. The Balaban J connectivity index is 1.98. The number of rotatable bonds is 8. The summed E-state index contributed by atoms with van der Waals surface area (Å²) in [6.45, 7) is 7.57. The molecule has 2 aromatic rings. The van der Waals surface area contributed by atoms with E-state index in [-0.39, 0.29) is 23.6 Å². The molecule has 7 heteroatoms. The third kappa shape index (κ3) is 6.64. The fraction of sp³-hybridized carbons (Fsp3) is 0.318. The van der Waals surface area contributed by atoms with Crippen LogP contribution in [0, 0.1) is 5.92 Å². The zero-order valence-electron chi connectivity index (χ0n) is 17.1. The molecule has 3 N–H and O–H groups in total. The fourth-order valence-corrected chi connectivity index (χ4v) is 2.68. The lowest BCUT2D eigenvalue weighted by atomic mass is 10.0. The largest absolute Gasteiger partial charge is 0.494 e. The zero-order valence-corrected chi connectivity index (χ0v) is 17.1. The number of amides is 3. The summed E-state index contributed by atoms with van der Waals surface area (Å²) < 4.78 is 5.38. The summed E-state index contributed by atoms with van der Waals surface area (Å²) in [6, 6.07) is 13.0. The minimum absolute atomic E-state index is 0.0573. The molecule has 1 atom stereocenters. The van der Waals surface area contributed by atoms with Crippen LogP contribution in [-0.4, -0.2) is 30.4 Å². The second-order valence-electron chi connectivity index (χ2n) is 6.90. The highest BCUT2D eigenvalue weighted by Crippen LogP contribution is 2.17. The quantitative estimate of drug-likeness (QED) is 0.636. The molecule has 0 saturated heterocycles. The number of ether oxygens (including phenoxy) is 1. The van der Waals surface area contributed by atoms with Crippen LogP contribution in [0.4, 0.5) is 11.4 Å². The smallest absolute Gasteiger partial charge is 0.255 e. The summed E-state index contributed by atoms with van der Waals surface area (Å²) in [6.07, 6.45) is 0. The van der Waals surface area contributed by atoms with Crippen molar-refractivity contribution in [3.05, 3.63) is 54.1 Å². The number of benzene rings is 2. The van der Waals surface area contributed by atoms with Gasteiger partial charge in [0.15, 0.2) is 0 Å². The number of hydrogen-bond donors (Lipinski definition) is 3. The van der Waals surface area contributed by atoms with Gasteiger partial charge in [-0.15, -0.1) is 0 Å². The van der Waals surface area contributed by atoms with Crippen molar-refractivity contribution in [1.29, 1.82) is 0 Å². The van der Waals surface area contributed by atoms with Crippen LogP contribution in [0.3, 0.4) is 0 Å². The summed E-state index contributed by atoms with van der Waals surface area (Å²) in [5.74, 6) is -0.144. The highest BCUT2D eigenvalue weighted by Gasteiger charge is 2.23. The van der Waals surface area contributed by atoms with Gasteiger partial charge in [0.1, 0.15) is 11.8 Å². The van der Waals surface area contributed by atoms with Crippen molar-refractivity contribution in [3.8, 4) is 5.75 Å². The lowest BCUT2D eigenvalue weighted by Gasteiger charge is -2.21. The standard InChI is InChI=1S/C22H27N3O4/c1-5-29-19-12-10-18(11-13-19)24-21(27)16-6-8-17(9-7-16)25-22(28)20(14(2)3)23-15(4)26/h6-14,20H,5H2,1-4H3,(H,23,26)(H,24,27)(H,25,28). The molecular formula is C22H27N3O4. The fourth-order valence-electron chi connectivity index (χ4n) is 2.68. The van der Waals surface area contributed by atoms with Gasteiger partial charge in [-0.2, -0.15) is 0 Å². The van der Waals surface area contributed by atoms with Crippen molar-refractivity contribution >= 4 is 29.1 Å². The zero-order chi connectivity index (χ0) is 21.4. The number of hydrogen-bond acceptors (Lipinski definition) is 4. The van der Waals surface area contributed by atoms with Crippen LogP contribution in [0.5, 0.6) is 5.75 Å². The van der Waals surface area contributed by atoms with Crippen LogP contribution < -0.4 is 20.7 Å². The Morgan fingerprint density at radius 3 is 1.97 bits per heavy atom. The van der Waals surface area contributed by atoms with Gasteiger partial charge in [-0.1, -0.05) is 13.8 Å². The Hall–Kier alpha value is -3.35. The van der Waals surface area contributed by atoms with Crippen molar-refractivity contribution in [2.24, 2.45) is 5.92 Å². The van der Waals surface area contributed by atoms with Crippen molar-refractivity contribution < 1.29 is 19.1 Å². The van der Waals surface area contributed by atoms with Gasteiger partial charge in [0.2, 0.25) is 11.8 Å². The topological polar surface area (TPSA) is 96.5 Å². The van der Waals surface area contributed by atoms with E-state index in [9.17, 15) is 14.4 Å². The van der Waals surface area contributed by atoms with E-state index >= 15 is 0 Å². The maximum Gasteiger partial charge on any atom is 0.255 e. The number of anilines is 2. The highest BCUT2D eigenvalue weighted by molar-refractivity contribution is 6.05. The van der Waals surface area contributed by atoms with Crippen LogP contribution in [0.1, 0.15) is 38.1 Å². The van der Waals surface area contributed by atoms with Gasteiger partial charge in [-0.3, -0.25) is 14.4 Å². The summed E-state index contributed by atoms with van der Waals surface area (Å²) in [4.78, 5) is 36.1. The van der Waals surface area contributed by atoms with E-state index in [1.807, 2.05) is 20.8 Å². The molecule has 2 aromatic carbocycles. The summed E-state index contributed by atoms with van der Waals surface area (Å²) in [5, 5.41) is 8.22. The third-order valence-electron chi connectivity index (χ3n) is 4.15. The molecule has 0 heterocycles. The predicted octanol–water partition coefficient (Wildman–Crippen LogP) is 3.44. The van der Waals surface area contributed by atoms with Gasteiger partial charge in [-0.05, 0) is 61.4 Å². The van der Waals surface area contributed by atoms with E-state index in [1.165, 1.54) is 6.92 Å². The van der Waals surface area contributed by atoms with Crippen molar-refractivity contribution in [1.82, 2.24) is 5.32 Å². The van der Waals surface area contributed by atoms with E-state index in [2.05, 4.69) is 16.0 Å². The van der Waals surface area contributed by atoms with Crippen LogP contribution in [-0.2, 0) is 9.59 Å². The first-order chi connectivity index (χ1) is 13.8. The van der Waals surface area contributed by atoms with Gasteiger partial charge in [0.25, 0.3) is 5.91 Å². The van der Waals surface area contributed by atoms with Gasteiger partial charge < -0.3 is 20.7 Å². The van der Waals surface area contributed by atoms with Crippen LogP contribution in [0.15, 0.2) is 48.5 Å². The van der Waals surface area contributed by atoms with Crippen LogP contribution in [0.2, 0.25) is 0 Å². The van der Waals surface area contributed by atoms with Crippen LogP contribution in [0.25, 0.3) is 0 Å². The summed E-state index contributed by atoms with van der Waals surface area (Å²) >= 11 is 0. The van der Waals surface area contributed by atoms with Crippen LogP contribution >= 0.6 is 0 Å². The molecule has 154 valence electrons. The molecule has 29 heavy (non-hydrogen) atoms. The van der Waals surface area contributed by atoms with E-state index < -0.39 is 6.04 Å². The van der Waals surface area contributed by atoms with Crippen molar-refractivity contribution in [2.45, 2.75) is 33.7 Å². The van der Waals surface area contributed by atoms with E-state index in [0.29, 0.717) is 23.5 Å². The normalized spacial score (nSPS) is 11.5. The first kappa shape index (κ1) is 21.9. The minimum atomic E-state index is -0.630. The molecule has 0 aliphatic rings. The van der Waals surface area contributed by atoms with E-state index in [4.69, 9.17) is 4.74 Å². The maximum atomic E-state index is 12.4. The molecule has 0 spiro atoms. The molecule has 3 amide bonds. The molecule has 0 bridgehead atoms. The molecule has 7 nitrogen and oxygen atoms in total. The van der Waals surface area contributed by atoms with Gasteiger partial charge in [-0.25, -0.2) is 0 Å². The Morgan fingerprint density at radius 2 is 1.45 bits per heavy atom. The molecule has 2 rings (SSSR count). The van der Waals surface area contributed by atoms with Gasteiger partial charge in [0, 0.05) is 23.9 Å². The Labute approximate surface area is 170 Å². The van der Waals surface area contributed by atoms with Crippen molar-refractivity contribution in [2.75, 3.05) is 17.2 Å². The number of carbonyl (C=O) groups excluding carboxylic acids is 3. The molecule has 0 aliphatic carbocycles. The first-order valence-corrected chi connectivity index (χ1v) is 9.52. The maximum absolute atomic E-state index is 12.4. The number of carbonyl (C=O) groups is 3. The third-order valence-corrected chi connectivity index (χ3v) is 4.15. The second kappa shape index (κ2) is 10.3. The Morgan fingerprint density at radius 1 is 0.897 bits per heavy atom. The lowest BCUT2D eigenvalue weighted by Crippen LogP contribution is -2.46. The molecule has 0 saturated carbocycles. The average molecular weight is 397 g/mol. The van der Waals surface area contributed by atoms with Gasteiger partial charge >= 0.3 is 0 Å². The predicted molar refractivity (Wildman–Crippen MR) is 113 cm³/mol.